The Morgan fingerprint density at radius 3 is 2.20 bits per heavy atom. The zero-order valence-electron chi connectivity index (χ0n) is 8.97. The molecule has 2 atom stereocenters. The minimum absolute atomic E-state index is 0.470. The van der Waals surface area contributed by atoms with Gasteiger partial charge in [0.2, 0.25) is 0 Å². The number of hydrogen-bond donors (Lipinski definition) is 1. The van der Waals surface area contributed by atoms with Gasteiger partial charge in [0.1, 0.15) is 0 Å². The Labute approximate surface area is 91.1 Å². The van der Waals surface area contributed by atoms with Crippen molar-refractivity contribution in [2.75, 3.05) is 18.0 Å². The lowest BCUT2D eigenvalue weighted by Crippen LogP contribution is -2.24. The largest absolute Gasteiger partial charge is 0.371 e. The van der Waals surface area contributed by atoms with Crippen LogP contribution in [0.25, 0.3) is 0 Å². The maximum Gasteiger partial charge on any atom is 0.0366 e. The zero-order valence-corrected chi connectivity index (χ0v) is 8.97. The lowest BCUT2D eigenvalue weighted by molar-refractivity contribution is 0.494. The molecule has 0 spiro atoms. The summed E-state index contributed by atoms with van der Waals surface area (Å²) >= 11 is 0. The second-order valence-corrected chi connectivity index (χ2v) is 4.99. The average Bonchev–Trinajstić information content (AvgIpc) is 2.76. The smallest absolute Gasteiger partial charge is 0.0366 e. The van der Waals surface area contributed by atoms with E-state index < -0.39 is 0 Å². The van der Waals surface area contributed by atoms with Crippen LogP contribution >= 0.6 is 0 Å². The molecule has 2 nitrogen and oxygen atoms in total. The van der Waals surface area contributed by atoms with Crippen LogP contribution in [0.2, 0.25) is 0 Å². The highest BCUT2D eigenvalue weighted by molar-refractivity contribution is 5.47. The van der Waals surface area contributed by atoms with E-state index in [1.54, 1.807) is 0 Å². The van der Waals surface area contributed by atoms with E-state index in [-0.39, 0.29) is 0 Å². The average molecular weight is 202 g/mol. The first-order valence-electron chi connectivity index (χ1n) is 5.88. The van der Waals surface area contributed by atoms with Crippen LogP contribution in [0.4, 0.5) is 5.69 Å². The molecule has 1 heterocycles. The third-order valence-electron chi connectivity index (χ3n) is 3.91. The van der Waals surface area contributed by atoms with Crippen molar-refractivity contribution in [3.63, 3.8) is 0 Å². The monoisotopic (exact) mass is 202 g/mol. The van der Waals surface area contributed by atoms with Crippen molar-refractivity contribution in [2.45, 2.75) is 18.9 Å². The number of para-hydroxylation sites is 1. The van der Waals surface area contributed by atoms with E-state index in [1.807, 2.05) is 0 Å². The summed E-state index contributed by atoms with van der Waals surface area (Å²) in [5.41, 5.74) is 7.37. The van der Waals surface area contributed by atoms with Crippen LogP contribution in [-0.4, -0.2) is 19.1 Å². The zero-order chi connectivity index (χ0) is 10.3. The Morgan fingerprint density at radius 1 is 1.00 bits per heavy atom. The van der Waals surface area contributed by atoms with Gasteiger partial charge in [-0.15, -0.1) is 0 Å². The molecular weight excluding hydrogens is 184 g/mol. The third kappa shape index (κ3) is 1.63. The molecule has 1 saturated carbocycles. The maximum absolute atomic E-state index is 5.99. The summed E-state index contributed by atoms with van der Waals surface area (Å²) in [5.74, 6) is 1.69. The van der Waals surface area contributed by atoms with Gasteiger partial charge < -0.3 is 10.6 Å². The number of fused-ring (bicyclic) bond motifs is 1. The number of benzene rings is 1. The summed E-state index contributed by atoms with van der Waals surface area (Å²) < 4.78 is 0. The Hall–Kier alpha value is -1.02. The fourth-order valence-electron chi connectivity index (χ4n) is 3.20. The first kappa shape index (κ1) is 9.22. The van der Waals surface area contributed by atoms with Gasteiger partial charge in [-0.1, -0.05) is 18.2 Å². The normalized spacial score (nSPS) is 34.5. The SMILES string of the molecule is NC1CC2CN(c3ccccc3)CC2C1. The molecule has 0 amide bonds. The standard InChI is InChI=1S/C13H18N2/c14-12-6-10-8-15(9-11(10)7-12)13-4-2-1-3-5-13/h1-5,10-12H,6-9,14H2. The fraction of sp³-hybridized carbons (Fsp3) is 0.538. The number of hydrogen-bond acceptors (Lipinski definition) is 2. The summed E-state index contributed by atoms with van der Waals surface area (Å²) in [6, 6.07) is 11.2. The van der Waals surface area contributed by atoms with Gasteiger partial charge in [0.25, 0.3) is 0 Å². The summed E-state index contributed by atoms with van der Waals surface area (Å²) in [7, 11) is 0. The fourth-order valence-corrected chi connectivity index (χ4v) is 3.20. The molecule has 1 aliphatic carbocycles. The molecule has 1 aromatic rings. The van der Waals surface area contributed by atoms with Crippen LogP contribution in [-0.2, 0) is 0 Å². The molecule has 2 fully saturated rings. The first-order valence-corrected chi connectivity index (χ1v) is 5.88. The van der Waals surface area contributed by atoms with Crippen LogP contribution in [0.1, 0.15) is 12.8 Å². The van der Waals surface area contributed by atoms with Gasteiger partial charge in [-0.2, -0.15) is 0 Å². The van der Waals surface area contributed by atoms with E-state index in [2.05, 4.69) is 35.2 Å². The van der Waals surface area contributed by atoms with Crippen molar-refractivity contribution >= 4 is 5.69 Å². The van der Waals surface area contributed by atoms with E-state index >= 15 is 0 Å². The van der Waals surface area contributed by atoms with Crippen molar-refractivity contribution in [3.8, 4) is 0 Å². The molecule has 2 heteroatoms. The minimum atomic E-state index is 0.470. The Kier molecular flexibility index (Phi) is 2.17. The number of rotatable bonds is 1. The van der Waals surface area contributed by atoms with Crippen LogP contribution < -0.4 is 10.6 Å². The molecule has 0 bridgehead atoms. The molecule has 80 valence electrons. The van der Waals surface area contributed by atoms with E-state index in [1.165, 1.54) is 31.6 Å². The number of nitrogens with two attached hydrogens (primary N) is 1. The maximum atomic E-state index is 5.99. The van der Waals surface area contributed by atoms with Gasteiger partial charge >= 0.3 is 0 Å². The van der Waals surface area contributed by atoms with Crippen LogP contribution in [0.15, 0.2) is 30.3 Å². The van der Waals surface area contributed by atoms with Crippen molar-refractivity contribution in [1.29, 1.82) is 0 Å². The molecule has 2 unspecified atom stereocenters. The molecule has 0 radical (unpaired) electrons. The van der Waals surface area contributed by atoms with E-state index in [4.69, 9.17) is 5.73 Å². The second kappa shape index (κ2) is 3.53. The number of anilines is 1. The summed E-state index contributed by atoms with van der Waals surface area (Å²) in [6.07, 6.45) is 2.46. The van der Waals surface area contributed by atoms with E-state index in [0.29, 0.717) is 6.04 Å². The van der Waals surface area contributed by atoms with Crippen molar-refractivity contribution in [2.24, 2.45) is 17.6 Å². The van der Waals surface area contributed by atoms with Crippen LogP contribution in [0.3, 0.4) is 0 Å². The van der Waals surface area contributed by atoms with Crippen molar-refractivity contribution in [3.05, 3.63) is 30.3 Å². The molecule has 1 saturated heterocycles. The van der Waals surface area contributed by atoms with E-state index in [9.17, 15) is 0 Å². The molecular formula is C13H18N2. The summed E-state index contributed by atoms with van der Waals surface area (Å²) in [4.78, 5) is 2.52. The molecule has 1 aliphatic heterocycles. The quantitative estimate of drug-likeness (QED) is 0.753. The predicted molar refractivity (Wildman–Crippen MR) is 62.8 cm³/mol. The lowest BCUT2D eigenvalue weighted by Gasteiger charge is -2.20. The summed E-state index contributed by atoms with van der Waals surface area (Å²) in [5, 5.41) is 0. The Balaban J connectivity index is 1.73. The van der Waals surface area contributed by atoms with Crippen LogP contribution in [0, 0.1) is 11.8 Å². The molecule has 1 aromatic carbocycles. The van der Waals surface area contributed by atoms with Crippen molar-refractivity contribution in [1.82, 2.24) is 0 Å². The first-order chi connectivity index (χ1) is 7.33. The lowest BCUT2D eigenvalue weighted by atomic mass is 10.0. The Morgan fingerprint density at radius 2 is 1.60 bits per heavy atom. The van der Waals surface area contributed by atoms with Gasteiger partial charge in [0, 0.05) is 24.8 Å². The highest BCUT2D eigenvalue weighted by Gasteiger charge is 2.39. The van der Waals surface area contributed by atoms with Crippen LogP contribution in [0.5, 0.6) is 0 Å². The van der Waals surface area contributed by atoms with Gasteiger partial charge in [-0.25, -0.2) is 0 Å². The predicted octanol–water partition coefficient (Wildman–Crippen LogP) is 1.86. The topological polar surface area (TPSA) is 29.3 Å². The molecule has 15 heavy (non-hydrogen) atoms. The minimum Gasteiger partial charge on any atom is -0.371 e. The second-order valence-electron chi connectivity index (χ2n) is 4.99. The van der Waals surface area contributed by atoms with Gasteiger partial charge in [0.15, 0.2) is 0 Å². The third-order valence-corrected chi connectivity index (χ3v) is 3.91. The van der Waals surface area contributed by atoms with E-state index in [0.717, 1.165) is 11.8 Å². The van der Waals surface area contributed by atoms with Gasteiger partial charge in [0.05, 0.1) is 0 Å². The molecule has 2 aliphatic rings. The highest BCUT2D eigenvalue weighted by Crippen LogP contribution is 2.38. The summed E-state index contributed by atoms with van der Waals surface area (Å²) in [6.45, 7) is 2.42. The molecule has 3 rings (SSSR count). The molecule has 2 N–H and O–H groups in total. The number of nitrogens with zero attached hydrogens (tertiary/aromatic N) is 1. The highest BCUT2D eigenvalue weighted by atomic mass is 15.2. The van der Waals surface area contributed by atoms with Gasteiger partial charge in [-0.05, 0) is 36.8 Å². The van der Waals surface area contributed by atoms with Crippen molar-refractivity contribution < 1.29 is 0 Å². The molecule has 0 aromatic heterocycles. The van der Waals surface area contributed by atoms with Gasteiger partial charge in [-0.3, -0.25) is 0 Å². The Bertz CT molecular complexity index is 322.